The lowest BCUT2D eigenvalue weighted by Crippen LogP contribution is -2.06. The van der Waals surface area contributed by atoms with Crippen molar-refractivity contribution in [3.05, 3.63) is 53.1 Å². The van der Waals surface area contributed by atoms with Crippen molar-refractivity contribution in [2.24, 2.45) is 0 Å². The van der Waals surface area contributed by atoms with E-state index in [1.807, 2.05) is 44.2 Å². The summed E-state index contributed by atoms with van der Waals surface area (Å²) in [7, 11) is 0. The number of nitrogens with two attached hydrogens (primary N) is 1. The van der Waals surface area contributed by atoms with Crippen LogP contribution < -0.4 is 15.2 Å². The first-order valence-electron chi connectivity index (χ1n) is 6.47. The highest BCUT2D eigenvalue weighted by Crippen LogP contribution is 2.26. The van der Waals surface area contributed by atoms with Crippen LogP contribution in [-0.4, -0.2) is 6.10 Å². The van der Waals surface area contributed by atoms with Crippen LogP contribution in [0, 0.1) is 0 Å². The molecule has 20 heavy (non-hydrogen) atoms. The average molecular weight is 292 g/mol. The molecule has 0 spiro atoms. The molecule has 4 heteroatoms. The molecule has 0 bridgehead atoms. The SMILES string of the molecule is CC(C)Oc1cc(N)cc(OCc2ccc(Cl)cc2)c1. The second kappa shape index (κ2) is 6.53. The zero-order valence-corrected chi connectivity index (χ0v) is 12.4. The quantitative estimate of drug-likeness (QED) is 0.836. The fraction of sp³-hybridized carbons (Fsp3) is 0.250. The summed E-state index contributed by atoms with van der Waals surface area (Å²) in [5.41, 5.74) is 7.51. The molecule has 0 aliphatic carbocycles. The molecule has 0 aliphatic rings. The first kappa shape index (κ1) is 14.5. The smallest absolute Gasteiger partial charge is 0.125 e. The monoisotopic (exact) mass is 291 g/mol. The minimum Gasteiger partial charge on any atom is -0.491 e. The van der Waals surface area contributed by atoms with Crippen LogP contribution in [0.15, 0.2) is 42.5 Å². The summed E-state index contributed by atoms with van der Waals surface area (Å²) in [5, 5.41) is 0.713. The zero-order valence-electron chi connectivity index (χ0n) is 11.6. The van der Waals surface area contributed by atoms with E-state index in [0.29, 0.717) is 28.8 Å². The van der Waals surface area contributed by atoms with Gasteiger partial charge in [0, 0.05) is 28.9 Å². The second-order valence-corrected chi connectivity index (χ2v) is 5.26. The minimum atomic E-state index is 0.0981. The molecule has 0 heterocycles. The minimum absolute atomic E-state index is 0.0981. The molecule has 0 saturated heterocycles. The van der Waals surface area contributed by atoms with Crippen molar-refractivity contribution in [2.45, 2.75) is 26.6 Å². The molecule has 2 rings (SSSR count). The average Bonchev–Trinajstić information content (AvgIpc) is 2.36. The van der Waals surface area contributed by atoms with Crippen LogP contribution in [0.5, 0.6) is 11.5 Å². The Hall–Kier alpha value is -1.87. The van der Waals surface area contributed by atoms with Gasteiger partial charge in [-0.2, -0.15) is 0 Å². The predicted octanol–water partition coefficient (Wildman–Crippen LogP) is 4.29. The fourth-order valence-electron chi connectivity index (χ4n) is 1.76. The molecule has 0 aliphatic heterocycles. The molecular formula is C16H18ClNO2. The maximum atomic E-state index is 5.85. The van der Waals surface area contributed by atoms with Crippen LogP contribution in [0.2, 0.25) is 5.02 Å². The van der Waals surface area contributed by atoms with E-state index >= 15 is 0 Å². The molecule has 0 fully saturated rings. The van der Waals surface area contributed by atoms with Gasteiger partial charge < -0.3 is 15.2 Å². The largest absolute Gasteiger partial charge is 0.491 e. The number of hydrogen-bond donors (Lipinski definition) is 1. The van der Waals surface area contributed by atoms with Crippen molar-refractivity contribution < 1.29 is 9.47 Å². The molecule has 0 saturated carbocycles. The van der Waals surface area contributed by atoms with E-state index in [9.17, 15) is 0 Å². The summed E-state index contributed by atoms with van der Waals surface area (Å²) >= 11 is 5.84. The van der Waals surface area contributed by atoms with Gasteiger partial charge in [-0.3, -0.25) is 0 Å². The lowest BCUT2D eigenvalue weighted by atomic mass is 10.2. The van der Waals surface area contributed by atoms with E-state index in [4.69, 9.17) is 26.8 Å². The van der Waals surface area contributed by atoms with Crippen molar-refractivity contribution in [3.63, 3.8) is 0 Å². The third-order valence-corrected chi connectivity index (χ3v) is 2.84. The van der Waals surface area contributed by atoms with Crippen molar-refractivity contribution in [1.82, 2.24) is 0 Å². The number of anilines is 1. The number of rotatable bonds is 5. The summed E-state index contributed by atoms with van der Waals surface area (Å²) in [6.45, 7) is 4.40. The normalized spacial score (nSPS) is 10.6. The second-order valence-electron chi connectivity index (χ2n) is 4.82. The standard InChI is InChI=1S/C16H18ClNO2/c1-11(2)20-16-8-14(18)7-15(9-16)19-10-12-3-5-13(17)6-4-12/h3-9,11H,10,18H2,1-2H3. The third kappa shape index (κ3) is 4.35. The Morgan fingerprint density at radius 1 is 1.05 bits per heavy atom. The van der Waals surface area contributed by atoms with Gasteiger partial charge in [0.05, 0.1) is 6.10 Å². The Morgan fingerprint density at radius 2 is 1.70 bits per heavy atom. The van der Waals surface area contributed by atoms with Crippen LogP contribution in [-0.2, 0) is 6.61 Å². The Labute approximate surface area is 124 Å². The van der Waals surface area contributed by atoms with Crippen LogP contribution >= 0.6 is 11.6 Å². The van der Waals surface area contributed by atoms with E-state index in [0.717, 1.165) is 5.56 Å². The summed E-state index contributed by atoms with van der Waals surface area (Å²) in [6, 6.07) is 12.9. The van der Waals surface area contributed by atoms with Gasteiger partial charge in [-0.1, -0.05) is 23.7 Å². The first-order chi connectivity index (χ1) is 9.52. The van der Waals surface area contributed by atoms with Crippen molar-refractivity contribution in [3.8, 4) is 11.5 Å². The molecule has 2 aromatic carbocycles. The van der Waals surface area contributed by atoms with E-state index in [1.165, 1.54) is 0 Å². The summed E-state index contributed by atoms with van der Waals surface area (Å²) in [6.07, 6.45) is 0.0981. The van der Waals surface area contributed by atoms with E-state index in [-0.39, 0.29) is 6.10 Å². The van der Waals surface area contributed by atoms with Gasteiger partial charge in [0.15, 0.2) is 0 Å². The Kier molecular flexibility index (Phi) is 4.74. The Morgan fingerprint density at radius 3 is 2.35 bits per heavy atom. The van der Waals surface area contributed by atoms with Crippen LogP contribution in [0.4, 0.5) is 5.69 Å². The lowest BCUT2D eigenvalue weighted by Gasteiger charge is -2.13. The third-order valence-electron chi connectivity index (χ3n) is 2.59. The van der Waals surface area contributed by atoms with Gasteiger partial charge in [0.25, 0.3) is 0 Å². The van der Waals surface area contributed by atoms with Gasteiger partial charge in [-0.25, -0.2) is 0 Å². The van der Waals surface area contributed by atoms with Crippen LogP contribution in [0.1, 0.15) is 19.4 Å². The summed E-state index contributed by atoms with van der Waals surface area (Å²) in [4.78, 5) is 0. The van der Waals surface area contributed by atoms with Gasteiger partial charge in [0.2, 0.25) is 0 Å². The summed E-state index contributed by atoms with van der Waals surface area (Å²) in [5.74, 6) is 1.40. The number of halogens is 1. The van der Waals surface area contributed by atoms with Crippen molar-refractivity contribution >= 4 is 17.3 Å². The topological polar surface area (TPSA) is 44.5 Å². The van der Waals surface area contributed by atoms with Crippen molar-refractivity contribution in [2.75, 3.05) is 5.73 Å². The van der Waals surface area contributed by atoms with Gasteiger partial charge in [-0.15, -0.1) is 0 Å². The molecule has 0 atom stereocenters. The van der Waals surface area contributed by atoms with E-state index in [1.54, 1.807) is 12.1 Å². The molecule has 106 valence electrons. The lowest BCUT2D eigenvalue weighted by molar-refractivity contribution is 0.239. The number of nitrogen functional groups attached to an aromatic ring is 1. The highest BCUT2D eigenvalue weighted by molar-refractivity contribution is 6.30. The maximum absolute atomic E-state index is 5.85. The highest BCUT2D eigenvalue weighted by Gasteiger charge is 2.04. The fourth-order valence-corrected chi connectivity index (χ4v) is 1.89. The summed E-state index contributed by atoms with van der Waals surface area (Å²) < 4.78 is 11.4. The number of benzene rings is 2. The van der Waals surface area contributed by atoms with E-state index in [2.05, 4.69) is 0 Å². The van der Waals surface area contributed by atoms with Crippen molar-refractivity contribution in [1.29, 1.82) is 0 Å². The zero-order chi connectivity index (χ0) is 14.5. The molecule has 0 unspecified atom stereocenters. The molecule has 2 N–H and O–H groups in total. The molecular weight excluding hydrogens is 274 g/mol. The molecule has 0 amide bonds. The molecule has 2 aromatic rings. The maximum Gasteiger partial charge on any atom is 0.125 e. The number of ether oxygens (including phenoxy) is 2. The van der Waals surface area contributed by atoms with E-state index < -0.39 is 0 Å². The molecule has 0 radical (unpaired) electrons. The van der Waals surface area contributed by atoms with Gasteiger partial charge in [-0.05, 0) is 31.5 Å². The van der Waals surface area contributed by atoms with Crippen LogP contribution in [0.3, 0.4) is 0 Å². The Bertz CT molecular complexity index is 567. The molecule has 3 nitrogen and oxygen atoms in total. The highest BCUT2D eigenvalue weighted by atomic mass is 35.5. The molecule has 0 aromatic heterocycles. The first-order valence-corrected chi connectivity index (χ1v) is 6.85. The Balaban J connectivity index is 2.05. The predicted molar refractivity (Wildman–Crippen MR) is 82.4 cm³/mol. The van der Waals surface area contributed by atoms with Gasteiger partial charge in [0.1, 0.15) is 18.1 Å². The number of hydrogen-bond acceptors (Lipinski definition) is 3. The van der Waals surface area contributed by atoms with Crippen LogP contribution in [0.25, 0.3) is 0 Å². The van der Waals surface area contributed by atoms with Gasteiger partial charge >= 0.3 is 0 Å².